The van der Waals surface area contributed by atoms with Gasteiger partial charge in [0.15, 0.2) is 0 Å². The topological polar surface area (TPSA) is 64.1 Å². The summed E-state index contributed by atoms with van der Waals surface area (Å²) in [6, 6.07) is 4.13. The van der Waals surface area contributed by atoms with Crippen molar-refractivity contribution >= 4 is 29.4 Å². The predicted octanol–water partition coefficient (Wildman–Crippen LogP) is 3.43. The molecule has 0 saturated carbocycles. The van der Waals surface area contributed by atoms with Crippen LogP contribution in [-0.2, 0) is 4.79 Å². The number of fused-ring (bicyclic) bond motifs is 1. The molecule has 4 heterocycles. The molecule has 0 radical (unpaired) electrons. The first-order chi connectivity index (χ1) is 15.0. The highest BCUT2D eigenvalue weighted by atomic mass is 35.5. The molecule has 1 aliphatic carbocycles. The molecule has 31 heavy (non-hydrogen) atoms. The Kier molecular flexibility index (Phi) is 5.06. The van der Waals surface area contributed by atoms with E-state index in [1.165, 1.54) is 0 Å². The number of hydrazone groups is 1. The summed E-state index contributed by atoms with van der Waals surface area (Å²) in [6.45, 7) is 3.68. The Labute approximate surface area is 187 Å². The fourth-order valence-corrected chi connectivity index (χ4v) is 4.66. The number of carbonyl (C=O) groups excluding carboxylic acids is 1. The maximum absolute atomic E-state index is 13.6. The number of amides is 1. The van der Waals surface area contributed by atoms with Crippen molar-refractivity contribution in [2.75, 3.05) is 25.0 Å². The number of halogens is 1. The number of piperidine rings is 1. The van der Waals surface area contributed by atoms with Gasteiger partial charge in [-0.3, -0.25) is 20.1 Å². The number of anilines is 1. The largest absolute Gasteiger partial charge is 0.370 e. The Morgan fingerprint density at radius 2 is 2.06 bits per heavy atom. The molecule has 0 aromatic carbocycles. The van der Waals surface area contributed by atoms with Crippen LogP contribution in [0.3, 0.4) is 0 Å². The van der Waals surface area contributed by atoms with Gasteiger partial charge in [-0.05, 0) is 44.1 Å². The van der Waals surface area contributed by atoms with E-state index < -0.39 is 0 Å². The molecule has 0 unspecified atom stereocenters. The third-order valence-corrected chi connectivity index (χ3v) is 6.45. The molecule has 1 amide bonds. The number of aryl methyl sites for hydroxylation is 1. The third kappa shape index (κ3) is 3.74. The molecule has 1 aromatic heterocycles. The van der Waals surface area contributed by atoms with E-state index in [-0.39, 0.29) is 11.8 Å². The molecule has 1 fully saturated rings. The minimum Gasteiger partial charge on any atom is -0.370 e. The van der Waals surface area contributed by atoms with Crippen LogP contribution in [0, 0.1) is 12.8 Å². The van der Waals surface area contributed by atoms with Crippen molar-refractivity contribution in [2.24, 2.45) is 11.0 Å². The fraction of sp³-hybridized carbons (Fsp3) is 0.348. The van der Waals surface area contributed by atoms with Crippen LogP contribution < -0.4 is 10.3 Å². The summed E-state index contributed by atoms with van der Waals surface area (Å²) in [4.78, 5) is 22.1. The van der Waals surface area contributed by atoms with Crippen LogP contribution in [0.5, 0.6) is 0 Å². The number of rotatable bonds is 2. The number of hydrazine groups is 1. The molecular formula is C23H25ClN6O. The zero-order valence-corrected chi connectivity index (χ0v) is 18.4. The Hall–Kier alpha value is -3.06. The Bertz CT molecular complexity index is 1060. The van der Waals surface area contributed by atoms with Gasteiger partial charge in [-0.1, -0.05) is 11.6 Å². The Morgan fingerprint density at radius 3 is 2.81 bits per heavy atom. The van der Waals surface area contributed by atoms with Crippen molar-refractivity contribution in [3.63, 3.8) is 0 Å². The van der Waals surface area contributed by atoms with E-state index in [0.717, 1.165) is 59.9 Å². The number of carbonyl (C=O) groups is 1. The Morgan fingerprint density at radius 1 is 1.26 bits per heavy atom. The van der Waals surface area contributed by atoms with Gasteiger partial charge in [0.25, 0.3) is 0 Å². The van der Waals surface area contributed by atoms with Crippen molar-refractivity contribution in [1.82, 2.24) is 20.4 Å². The molecule has 7 nitrogen and oxygen atoms in total. The molecule has 4 aliphatic rings. The smallest absolute Gasteiger partial charge is 0.234 e. The molecule has 3 aliphatic heterocycles. The van der Waals surface area contributed by atoms with E-state index in [4.69, 9.17) is 11.6 Å². The first-order valence-corrected chi connectivity index (χ1v) is 10.9. The van der Waals surface area contributed by atoms with Gasteiger partial charge in [-0.15, -0.1) is 0 Å². The lowest BCUT2D eigenvalue weighted by Gasteiger charge is -2.35. The summed E-state index contributed by atoms with van der Waals surface area (Å²) >= 11 is 6.40. The Balaban J connectivity index is 1.33. The van der Waals surface area contributed by atoms with Crippen molar-refractivity contribution in [3.8, 4) is 0 Å². The number of nitrogens with zero attached hydrogens (tertiary/aromatic N) is 5. The maximum atomic E-state index is 13.6. The third-order valence-electron chi connectivity index (χ3n) is 6.22. The number of hydrogen-bond donors (Lipinski definition) is 1. The first-order valence-electron chi connectivity index (χ1n) is 10.6. The second kappa shape index (κ2) is 7.89. The van der Waals surface area contributed by atoms with Gasteiger partial charge in [-0.2, -0.15) is 5.10 Å². The quantitative estimate of drug-likeness (QED) is 0.769. The minimum atomic E-state index is -0.0214. The second-order valence-corrected chi connectivity index (χ2v) is 8.73. The summed E-state index contributed by atoms with van der Waals surface area (Å²) < 4.78 is 0. The van der Waals surface area contributed by atoms with Gasteiger partial charge in [0.1, 0.15) is 0 Å². The van der Waals surface area contributed by atoms with E-state index in [1.807, 2.05) is 49.6 Å². The molecule has 5 rings (SSSR count). The summed E-state index contributed by atoms with van der Waals surface area (Å²) in [5.41, 5.74) is 9.35. The van der Waals surface area contributed by atoms with Gasteiger partial charge in [-0.25, -0.2) is 5.12 Å². The highest BCUT2D eigenvalue weighted by Crippen LogP contribution is 2.38. The molecular weight excluding hydrogens is 412 g/mol. The van der Waals surface area contributed by atoms with Crippen molar-refractivity contribution < 1.29 is 4.79 Å². The highest BCUT2D eigenvalue weighted by molar-refractivity contribution is 6.31. The monoisotopic (exact) mass is 436 g/mol. The van der Waals surface area contributed by atoms with Gasteiger partial charge in [0.05, 0.1) is 23.8 Å². The van der Waals surface area contributed by atoms with Crippen LogP contribution in [0.1, 0.15) is 25.0 Å². The first kappa shape index (κ1) is 19.9. The SMILES string of the molecule is Cc1ccc(N2CCC(C(=O)N3C=CC(Cl)=CC4=C3CC3=C4NN(C)N=C3)CC2)cn1. The number of aromatic nitrogens is 1. The molecule has 1 N–H and O–H groups in total. The minimum absolute atomic E-state index is 0.0214. The lowest BCUT2D eigenvalue weighted by molar-refractivity contribution is -0.131. The summed E-state index contributed by atoms with van der Waals surface area (Å²) in [6.07, 6.45) is 11.6. The molecule has 0 spiro atoms. The number of pyridine rings is 1. The number of allylic oxidation sites excluding steroid dienone is 4. The highest BCUT2D eigenvalue weighted by Gasteiger charge is 2.35. The zero-order chi connectivity index (χ0) is 21.5. The van der Waals surface area contributed by atoms with Gasteiger partial charge >= 0.3 is 0 Å². The van der Waals surface area contributed by atoms with E-state index in [2.05, 4.69) is 26.5 Å². The predicted molar refractivity (Wildman–Crippen MR) is 122 cm³/mol. The molecule has 0 atom stereocenters. The van der Waals surface area contributed by atoms with Crippen LogP contribution in [0.15, 0.2) is 69.4 Å². The molecule has 1 saturated heterocycles. The number of nitrogens with one attached hydrogen (secondary N) is 1. The van der Waals surface area contributed by atoms with E-state index >= 15 is 0 Å². The molecule has 160 valence electrons. The molecule has 1 aromatic rings. The van der Waals surface area contributed by atoms with Crippen LogP contribution in [0.4, 0.5) is 5.69 Å². The number of hydrogen-bond acceptors (Lipinski definition) is 6. The summed E-state index contributed by atoms with van der Waals surface area (Å²) in [5, 5.41) is 6.57. The average Bonchev–Trinajstić information content (AvgIpc) is 3.02. The van der Waals surface area contributed by atoms with Crippen LogP contribution in [0.2, 0.25) is 0 Å². The maximum Gasteiger partial charge on any atom is 0.234 e. The van der Waals surface area contributed by atoms with Gasteiger partial charge in [0, 0.05) is 66.2 Å². The van der Waals surface area contributed by atoms with Crippen molar-refractivity contribution in [1.29, 1.82) is 0 Å². The second-order valence-electron chi connectivity index (χ2n) is 8.29. The van der Waals surface area contributed by atoms with Gasteiger partial charge in [0.2, 0.25) is 5.91 Å². The molecule has 0 bridgehead atoms. The normalized spacial score (nSPS) is 21.1. The standard InChI is InChI=1S/C23H25ClN6O/c1-15-3-4-19(14-25-15)29-8-5-16(6-9-29)23(31)30-10-7-18(24)12-20-21(30)11-17-13-26-28(2)27-22(17)20/h3-4,7,10,12-14,16,27H,5-6,8-9,11H2,1-2H3. The fourth-order valence-electron chi connectivity index (χ4n) is 4.50. The molecule has 8 heteroatoms. The summed E-state index contributed by atoms with van der Waals surface area (Å²) in [7, 11) is 1.85. The van der Waals surface area contributed by atoms with Crippen LogP contribution in [-0.4, -0.2) is 47.3 Å². The average molecular weight is 437 g/mol. The van der Waals surface area contributed by atoms with E-state index in [0.29, 0.717) is 11.5 Å². The lowest BCUT2D eigenvalue weighted by Crippen LogP contribution is -2.40. The van der Waals surface area contributed by atoms with E-state index in [9.17, 15) is 4.79 Å². The summed E-state index contributed by atoms with van der Waals surface area (Å²) in [5.74, 6) is 0.113. The lowest BCUT2D eigenvalue weighted by atomic mass is 9.94. The van der Waals surface area contributed by atoms with Crippen LogP contribution >= 0.6 is 11.6 Å². The van der Waals surface area contributed by atoms with E-state index in [1.54, 1.807) is 11.2 Å². The van der Waals surface area contributed by atoms with Crippen LogP contribution in [0.25, 0.3) is 0 Å². The zero-order valence-electron chi connectivity index (χ0n) is 17.7. The van der Waals surface area contributed by atoms with Gasteiger partial charge < -0.3 is 4.90 Å². The van der Waals surface area contributed by atoms with Crippen molar-refractivity contribution in [2.45, 2.75) is 26.2 Å². The van der Waals surface area contributed by atoms with Crippen molar-refractivity contribution in [3.05, 3.63) is 69.9 Å².